The van der Waals surface area contributed by atoms with Gasteiger partial charge in [0.05, 0.1) is 20.1 Å². The molecule has 0 bridgehead atoms. The van der Waals surface area contributed by atoms with Crippen molar-refractivity contribution in [1.82, 2.24) is 30.1 Å². The van der Waals surface area contributed by atoms with Gasteiger partial charge in [-0.05, 0) is 29.8 Å². The van der Waals surface area contributed by atoms with Crippen LogP contribution in [0.3, 0.4) is 0 Å². The van der Waals surface area contributed by atoms with Crippen LogP contribution in [-0.4, -0.2) is 37.8 Å². The summed E-state index contributed by atoms with van der Waals surface area (Å²) in [6, 6.07) is 11.1. The molecule has 0 aliphatic rings. The Hall–Kier alpha value is -3.75. The molecule has 0 spiro atoms. The molecule has 0 atom stereocenters. The Bertz CT molecular complexity index is 1180. The molecule has 0 aliphatic carbocycles. The van der Waals surface area contributed by atoms with E-state index in [1.807, 2.05) is 60.8 Å². The van der Waals surface area contributed by atoms with Crippen LogP contribution in [0.1, 0.15) is 37.0 Å². The maximum absolute atomic E-state index is 12.3. The highest BCUT2D eigenvalue weighted by molar-refractivity contribution is 5.78. The second-order valence-corrected chi connectivity index (χ2v) is 7.18. The molecule has 0 unspecified atom stereocenters. The van der Waals surface area contributed by atoms with E-state index in [4.69, 9.17) is 9.26 Å². The van der Waals surface area contributed by atoms with E-state index >= 15 is 0 Å². The van der Waals surface area contributed by atoms with Crippen molar-refractivity contribution in [3.8, 4) is 17.2 Å². The zero-order valence-electron chi connectivity index (χ0n) is 17.0. The number of hydrogen-bond donors (Lipinski definition) is 1. The minimum atomic E-state index is -0.108. The van der Waals surface area contributed by atoms with Crippen LogP contribution in [0.25, 0.3) is 17.1 Å². The molecule has 9 heteroatoms. The van der Waals surface area contributed by atoms with Gasteiger partial charge in [-0.25, -0.2) is 0 Å². The van der Waals surface area contributed by atoms with Gasteiger partial charge in [-0.3, -0.25) is 9.20 Å². The molecule has 1 N–H and O–H groups in total. The molecule has 3 aromatic heterocycles. The number of methoxy groups -OCH3 is 1. The SMILES string of the molecule is COc1cccc(CC(=O)NCc2nnc3cc(-c4nc(C(C)C)no4)ccn23)c1. The van der Waals surface area contributed by atoms with Crippen molar-refractivity contribution in [2.45, 2.75) is 32.7 Å². The van der Waals surface area contributed by atoms with Crippen LogP contribution in [0, 0.1) is 0 Å². The molecule has 30 heavy (non-hydrogen) atoms. The Balaban J connectivity index is 1.44. The van der Waals surface area contributed by atoms with Crippen molar-refractivity contribution in [3.63, 3.8) is 0 Å². The molecule has 0 saturated carbocycles. The molecular weight excluding hydrogens is 384 g/mol. The van der Waals surface area contributed by atoms with Gasteiger partial charge in [0, 0.05) is 17.7 Å². The largest absolute Gasteiger partial charge is 0.497 e. The first kappa shape index (κ1) is 19.6. The quantitative estimate of drug-likeness (QED) is 0.503. The minimum Gasteiger partial charge on any atom is -0.497 e. The fraction of sp³-hybridized carbons (Fsp3) is 0.286. The molecule has 1 amide bonds. The van der Waals surface area contributed by atoms with Gasteiger partial charge in [0.1, 0.15) is 5.75 Å². The van der Waals surface area contributed by atoms with Gasteiger partial charge in [-0.1, -0.05) is 31.1 Å². The van der Waals surface area contributed by atoms with E-state index < -0.39 is 0 Å². The normalized spacial score (nSPS) is 11.2. The van der Waals surface area contributed by atoms with Gasteiger partial charge in [0.25, 0.3) is 5.89 Å². The third-order valence-corrected chi connectivity index (χ3v) is 4.63. The summed E-state index contributed by atoms with van der Waals surface area (Å²) in [4.78, 5) is 16.7. The van der Waals surface area contributed by atoms with Crippen molar-refractivity contribution in [2.24, 2.45) is 0 Å². The smallest absolute Gasteiger partial charge is 0.258 e. The van der Waals surface area contributed by atoms with Crippen molar-refractivity contribution >= 4 is 11.6 Å². The number of carbonyl (C=O) groups excluding carboxylic acids is 1. The molecule has 0 radical (unpaired) electrons. The highest BCUT2D eigenvalue weighted by atomic mass is 16.5. The predicted molar refractivity (Wildman–Crippen MR) is 109 cm³/mol. The highest BCUT2D eigenvalue weighted by Gasteiger charge is 2.14. The van der Waals surface area contributed by atoms with Gasteiger partial charge in [0.2, 0.25) is 5.91 Å². The zero-order valence-corrected chi connectivity index (χ0v) is 17.0. The lowest BCUT2D eigenvalue weighted by Crippen LogP contribution is -2.25. The monoisotopic (exact) mass is 406 g/mol. The first-order valence-corrected chi connectivity index (χ1v) is 9.60. The van der Waals surface area contributed by atoms with Crippen molar-refractivity contribution in [3.05, 3.63) is 59.8 Å². The Kier molecular flexibility index (Phi) is 5.42. The lowest BCUT2D eigenvalue weighted by atomic mass is 10.1. The number of hydrogen-bond acceptors (Lipinski definition) is 7. The number of nitrogens with zero attached hydrogens (tertiary/aromatic N) is 5. The number of fused-ring (bicyclic) bond motifs is 1. The van der Waals surface area contributed by atoms with Crippen LogP contribution in [0.4, 0.5) is 0 Å². The Morgan fingerprint density at radius 1 is 1.23 bits per heavy atom. The van der Waals surface area contributed by atoms with Gasteiger partial charge in [-0.2, -0.15) is 4.98 Å². The summed E-state index contributed by atoms with van der Waals surface area (Å²) in [5, 5.41) is 15.2. The van der Waals surface area contributed by atoms with Crippen LogP contribution < -0.4 is 10.1 Å². The van der Waals surface area contributed by atoms with Crippen LogP contribution in [-0.2, 0) is 17.8 Å². The number of carbonyl (C=O) groups is 1. The number of benzene rings is 1. The molecule has 154 valence electrons. The van der Waals surface area contributed by atoms with E-state index in [0.29, 0.717) is 23.2 Å². The molecule has 4 aromatic rings. The molecule has 0 saturated heterocycles. The van der Waals surface area contributed by atoms with Crippen LogP contribution in [0.5, 0.6) is 5.75 Å². The Labute approximate surface area is 173 Å². The number of pyridine rings is 1. The standard InChI is InChI=1S/C21H22N6O3/c1-13(2)20-23-21(30-26-20)15-7-8-27-17(11-15)24-25-18(27)12-22-19(28)10-14-5-4-6-16(9-14)29-3/h4-9,11,13H,10,12H2,1-3H3,(H,22,28). The average Bonchev–Trinajstić information content (AvgIpc) is 3.39. The first-order chi connectivity index (χ1) is 14.5. The predicted octanol–water partition coefficient (Wildman–Crippen LogP) is 2.77. The van der Waals surface area contributed by atoms with Crippen molar-refractivity contribution in [1.29, 1.82) is 0 Å². The molecule has 0 fully saturated rings. The summed E-state index contributed by atoms with van der Waals surface area (Å²) in [7, 11) is 1.60. The Morgan fingerprint density at radius 2 is 2.10 bits per heavy atom. The summed E-state index contributed by atoms with van der Waals surface area (Å²) < 4.78 is 12.3. The molecular formula is C21H22N6O3. The minimum absolute atomic E-state index is 0.108. The lowest BCUT2D eigenvalue weighted by Gasteiger charge is -2.06. The number of aromatic nitrogens is 5. The number of ether oxygens (including phenoxy) is 1. The van der Waals surface area contributed by atoms with E-state index in [2.05, 4.69) is 25.7 Å². The van der Waals surface area contributed by atoms with E-state index in [9.17, 15) is 4.79 Å². The summed E-state index contributed by atoms with van der Waals surface area (Å²) in [5.74, 6) is 2.53. The van der Waals surface area contributed by atoms with E-state index in [-0.39, 0.29) is 24.8 Å². The molecule has 9 nitrogen and oxygen atoms in total. The van der Waals surface area contributed by atoms with E-state index in [1.54, 1.807) is 7.11 Å². The zero-order chi connectivity index (χ0) is 21.1. The van der Waals surface area contributed by atoms with E-state index in [1.165, 1.54) is 0 Å². The maximum atomic E-state index is 12.3. The van der Waals surface area contributed by atoms with Crippen LogP contribution >= 0.6 is 0 Å². The fourth-order valence-electron chi connectivity index (χ4n) is 2.99. The molecule has 3 heterocycles. The highest BCUT2D eigenvalue weighted by Crippen LogP contribution is 2.21. The van der Waals surface area contributed by atoms with Gasteiger partial charge >= 0.3 is 0 Å². The van der Waals surface area contributed by atoms with Crippen molar-refractivity contribution in [2.75, 3.05) is 7.11 Å². The summed E-state index contributed by atoms with van der Waals surface area (Å²) in [5.41, 5.74) is 2.28. The van der Waals surface area contributed by atoms with Gasteiger partial charge < -0.3 is 14.6 Å². The number of amides is 1. The molecule has 0 aliphatic heterocycles. The third kappa shape index (κ3) is 4.14. The van der Waals surface area contributed by atoms with Crippen LogP contribution in [0.2, 0.25) is 0 Å². The molecule has 4 rings (SSSR count). The summed E-state index contributed by atoms with van der Waals surface area (Å²) in [6.45, 7) is 4.28. The lowest BCUT2D eigenvalue weighted by molar-refractivity contribution is -0.120. The number of nitrogens with one attached hydrogen (secondary N) is 1. The molecule has 1 aromatic carbocycles. The average molecular weight is 406 g/mol. The van der Waals surface area contributed by atoms with Gasteiger partial charge in [-0.15, -0.1) is 10.2 Å². The topological polar surface area (TPSA) is 107 Å². The van der Waals surface area contributed by atoms with Gasteiger partial charge in [0.15, 0.2) is 17.3 Å². The summed E-state index contributed by atoms with van der Waals surface area (Å²) >= 11 is 0. The van der Waals surface area contributed by atoms with Crippen molar-refractivity contribution < 1.29 is 14.1 Å². The fourth-order valence-corrected chi connectivity index (χ4v) is 2.99. The second kappa shape index (κ2) is 8.32. The van der Waals surface area contributed by atoms with E-state index in [0.717, 1.165) is 16.9 Å². The first-order valence-electron chi connectivity index (χ1n) is 9.60. The van der Waals surface area contributed by atoms with Crippen LogP contribution in [0.15, 0.2) is 47.1 Å². The second-order valence-electron chi connectivity index (χ2n) is 7.18. The third-order valence-electron chi connectivity index (χ3n) is 4.63. The number of rotatable bonds is 7. The maximum Gasteiger partial charge on any atom is 0.258 e. The summed E-state index contributed by atoms with van der Waals surface area (Å²) in [6.07, 6.45) is 2.08. The Morgan fingerprint density at radius 3 is 2.87 bits per heavy atom.